The van der Waals surface area contributed by atoms with Crippen LogP contribution in [-0.2, 0) is 16.4 Å². The summed E-state index contributed by atoms with van der Waals surface area (Å²) in [6, 6.07) is 26.7. The second-order valence-electron chi connectivity index (χ2n) is 10.0. The van der Waals surface area contributed by atoms with Gasteiger partial charge in [-0.05, 0) is 71.3 Å². The Kier molecular flexibility index (Phi) is 7.86. The van der Waals surface area contributed by atoms with Crippen LogP contribution in [0.25, 0.3) is 11.1 Å². The summed E-state index contributed by atoms with van der Waals surface area (Å²) in [5.74, 6) is 0.324. The lowest BCUT2D eigenvalue weighted by Crippen LogP contribution is -2.39. The number of nitro groups is 1. The van der Waals surface area contributed by atoms with Crippen molar-refractivity contribution >= 4 is 21.4 Å². The number of hydrogen-bond donors (Lipinski definition) is 0. The zero-order chi connectivity index (χ0) is 29.2. The average Bonchev–Trinajstić information content (AvgIpc) is 3.27. The Labute approximate surface area is 236 Å². The van der Waals surface area contributed by atoms with Crippen LogP contribution in [0.3, 0.4) is 0 Å². The maximum atomic E-state index is 13.4. The molecule has 1 aliphatic rings. The predicted molar refractivity (Wildman–Crippen MR) is 151 cm³/mol. The molecule has 41 heavy (non-hydrogen) atoms. The Morgan fingerprint density at radius 3 is 1.88 bits per heavy atom. The number of nitrogens with zero attached hydrogens (tertiary/aromatic N) is 2. The highest BCUT2D eigenvalue weighted by Gasteiger charge is 2.37. The van der Waals surface area contributed by atoms with E-state index in [4.69, 9.17) is 0 Å². The minimum atomic E-state index is -4.80. The summed E-state index contributed by atoms with van der Waals surface area (Å²) >= 11 is 0. The van der Waals surface area contributed by atoms with E-state index >= 15 is 0 Å². The first-order chi connectivity index (χ1) is 19.5. The van der Waals surface area contributed by atoms with E-state index in [9.17, 15) is 31.7 Å². The van der Waals surface area contributed by atoms with Crippen LogP contribution in [0.4, 0.5) is 24.5 Å². The fourth-order valence-corrected chi connectivity index (χ4v) is 6.87. The molecule has 0 heterocycles. The molecule has 10 heteroatoms. The molecular formula is C31H27F3N2O4S. The SMILES string of the molecule is O=[N+]([O-])c1ccc(S(=O)(=O)N(CC(F)(F)F)c2ccc(CCCCC3c4ccccc4-c4ccccc43)cc2)cc1. The van der Waals surface area contributed by atoms with Gasteiger partial charge in [-0.15, -0.1) is 0 Å². The van der Waals surface area contributed by atoms with Crippen molar-refractivity contribution in [1.29, 1.82) is 0 Å². The van der Waals surface area contributed by atoms with Crippen LogP contribution in [0.5, 0.6) is 0 Å². The Morgan fingerprint density at radius 2 is 1.34 bits per heavy atom. The molecule has 0 bridgehead atoms. The van der Waals surface area contributed by atoms with Crippen molar-refractivity contribution in [1.82, 2.24) is 0 Å². The number of benzene rings is 4. The molecule has 212 valence electrons. The number of rotatable bonds is 10. The molecule has 0 amide bonds. The van der Waals surface area contributed by atoms with Gasteiger partial charge in [-0.2, -0.15) is 13.2 Å². The van der Waals surface area contributed by atoms with Gasteiger partial charge in [-0.1, -0.05) is 67.1 Å². The van der Waals surface area contributed by atoms with Gasteiger partial charge in [-0.3, -0.25) is 14.4 Å². The number of fused-ring (bicyclic) bond motifs is 3. The van der Waals surface area contributed by atoms with Crippen LogP contribution in [0.15, 0.2) is 102 Å². The van der Waals surface area contributed by atoms with Gasteiger partial charge in [0.1, 0.15) is 6.54 Å². The number of anilines is 1. The van der Waals surface area contributed by atoms with Gasteiger partial charge in [0.05, 0.1) is 15.5 Å². The van der Waals surface area contributed by atoms with Crippen molar-refractivity contribution < 1.29 is 26.5 Å². The lowest BCUT2D eigenvalue weighted by Gasteiger charge is -2.25. The number of alkyl halides is 3. The zero-order valence-electron chi connectivity index (χ0n) is 21.9. The molecule has 0 spiro atoms. The molecule has 0 fully saturated rings. The molecule has 0 N–H and O–H groups in total. The van der Waals surface area contributed by atoms with Crippen molar-refractivity contribution in [2.45, 2.75) is 42.7 Å². The molecule has 0 unspecified atom stereocenters. The van der Waals surface area contributed by atoms with Gasteiger partial charge < -0.3 is 0 Å². The third-order valence-corrected chi connectivity index (χ3v) is 9.14. The van der Waals surface area contributed by atoms with Gasteiger partial charge in [0, 0.05) is 18.1 Å². The molecular weight excluding hydrogens is 553 g/mol. The number of non-ortho nitro benzene ring substituents is 1. The molecule has 5 rings (SSSR count). The second-order valence-corrected chi connectivity index (χ2v) is 11.9. The predicted octanol–water partition coefficient (Wildman–Crippen LogP) is 7.88. The van der Waals surface area contributed by atoms with Crippen LogP contribution < -0.4 is 4.31 Å². The summed E-state index contributed by atoms with van der Waals surface area (Å²) in [7, 11) is -4.63. The molecule has 1 aliphatic carbocycles. The molecule has 0 atom stereocenters. The summed E-state index contributed by atoms with van der Waals surface area (Å²) in [6.45, 7) is -1.73. The van der Waals surface area contributed by atoms with Crippen LogP contribution in [0.1, 0.15) is 41.9 Å². The van der Waals surface area contributed by atoms with E-state index in [0.717, 1.165) is 49.1 Å². The van der Waals surface area contributed by atoms with Gasteiger partial charge in [0.25, 0.3) is 15.7 Å². The molecule has 6 nitrogen and oxygen atoms in total. The fraction of sp³-hybridized carbons (Fsp3) is 0.226. The van der Waals surface area contributed by atoms with Gasteiger partial charge in [0.15, 0.2) is 0 Å². The number of hydrogen-bond acceptors (Lipinski definition) is 4. The quantitative estimate of drug-likeness (QED) is 0.109. The van der Waals surface area contributed by atoms with Crippen LogP contribution in [-0.4, -0.2) is 26.1 Å². The third kappa shape index (κ3) is 6.12. The molecule has 0 aliphatic heterocycles. The summed E-state index contributed by atoms with van der Waals surface area (Å²) in [4.78, 5) is 9.71. The standard InChI is InChI=1S/C31H27F3N2O4S/c32-31(33,34)21-35(41(39,40)25-19-17-24(18-20-25)36(37)38)23-15-13-22(14-16-23)7-1-2-8-26-27-9-3-5-11-29(27)30-12-6-4-10-28(26)30/h3-6,9-20,26H,1-2,7-8,21H2. The summed E-state index contributed by atoms with van der Waals surface area (Å²) in [5.41, 5.74) is 5.60. The van der Waals surface area contributed by atoms with E-state index in [1.807, 2.05) is 0 Å². The van der Waals surface area contributed by atoms with Crippen molar-refractivity contribution in [2.75, 3.05) is 10.8 Å². The maximum Gasteiger partial charge on any atom is 0.407 e. The molecule has 0 saturated heterocycles. The van der Waals surface area contributed by atoms with E-state index in [-0.39, 0.29) is 15.7 Å². The Balaban J connectivity index is 1.26. The summed E-state index contributed by atoms with van der Waals surface area (Å²) < 4.78 is 66.8. The number of unbranched alkanes of at least 4 members (excludes halogenated alkanes) is 1. The Morgan fingerprint density at radius 1 is 0.780 bits per heavy atom. The number of nitro benzene ring substituents is 1. The summed E-state index contributed by atoms with van der Waals surface area (Å²) in [6.07, 6.45) is -1.31. The van der Waals surface area contributed by atoms with Crippen LogP contribution in [0.2, 0.25) is 0 Å². The van der Waals surface area contributed by atoms with Gasteiger partial charge in [0.2, 0.25) is 0 Å². The van der Waals surface area contributed by atoms with Crippen molar-refractivity contribution in [3.05, 3.63) is 124 Å². The fourth-order valence-electron chi connectivity index (χ4n) is 5.42. The van der Waals surface area contributed by atoms with E-state index in [1.165, 1.54) is 34.4 Å². The minimum Gasteiger partial charge on any atom is -0.258 e. The van der Waals surface area contributed by atoms with Crippen LogP contribution in [0, 0.1) is 10.1 Å². The van der Waals surface area contributed by atoms with Gasteiger partial charge >= 0.3 is 6.18 Å². The van der Waals surface area contributed by atoms with Crippen molar-refractivity contribution in [3.63, 3.8) is 0 Å². The number of aryl methyl sites for hydroxylation is 1. The molecule has 0 aromatic heterocycles. The van der Waals surface area contributed by atoms with Crippen molar-refractivity contribution in [2.24, 2.45) is 0 Å². The average molecular weight is 581 g/mol. The van der Waals surface area contributed by atoms with E-state index < -0.39 is 32.6 Å². The second kappa shape index (κ2) is 11.4. The number of sulfonamides is 1. The van der Waals surface area contributed by atoms with E-state index in [0.29, 0.717) is 12.3 Å². The summed E-state index contributed by atoms with van der Waals surface area (Å²) in [5, 5.41) is 10.9. The largest absolute Gasteiger partial charge is 0.407 e. The smallest absolute Gasteiger partial charge is 0.258 e. The monoisotopic (exact) mass is 580 g/mol. The molecule has 4 aromatic rings. The first-order valence-corrected chi connectivity index (χ1v) is 14.6. The van der Waals surface area contributed by atoms with Gasteiger partial charge in [-0.25, -0.2) is 8.42 Å². The highest BCUT2D eigenvalue weighted by Crippen LogP contribution is 2.46. The Hall–Kier alpha value is -4.18. The van der Waals surface area contributed by atoms with E-state index in [1.54, 1.807) is 12.1 Å². The first kappa shape index (κ1) is 28.4. The molecule has 4 aromatic carbocycles. The highest BCUT2D eigenvalue weighted by atomic mass is 32.2. The molecule has 0 radical (unpaired) electrons. The van der Waals surface area contributed by atoms with E-state index in [2.05, 4.69) is 48.5 Å². The maximum absolute atomic E-state index is 13.4. The normalized spacial score (nSPS) is 13.0. The number of halogens is 3. The highest BCUT2D eigenvalue weighted by molar-refractivity contribution is 7.92. The lowest BCUT2D eigenvalue weighted by molar-refractivity contribution is -0.384. The Bertz CT molecular complexity index is 1610. The molecule has 0 saturated carbocycles. The third-order valence-electron chi connectivity index (χ3n) is 7.35. The topological polar surface area (TPSA) is 80.5 Å². The van der Waals surface area contributed by atoms with Crippen LogP contribution >= 0.6 is 0 Å². The van der Waals surface area contributed by atoms with Crippen molar-refractivity contribution in [3.8, 4) is 11.1 Å². The lowest BCUT2D eigenvalue weighted by atomic mass is 9.91. The minimum absolute atomic E-state index is 0.136. The first-order valence-electron chi connectivity index (χ1n) is 13.2. The zero-order valence-corrected chi connectivity index (χ0v) is 22.7.